The topological polar surface area (TPSA) is 66.6 Å². The Bertz CT molecular complexity index is 686. The van der Waals surface area contributed by atoms with E-state index in [0.29, 0.717) is 13.1 Å². The standard InChI is InChI=1S/C19H25F2N3O2.ClH/c1-19(22)8-3-2-5-13(19)17(25)23-9-11-24(12-10-23)18(26)16-14(20)6-4-7-15(16)21;/h4,6-7,13H,2-3,5,8-12,22H2,1H3;1H. The molecular formula is C19H26ClF2N3O2. The number of nitrogens with two attached hydrogens (primary N) is 1. The molecule has 2 fully saturated rings. The van der Waals surface area contributed by atoms with Gasteiger partial charge in [0.2, 0.25) is 5.91 Å². The normalized spacial score (nSPS) is 25.7. The van der Waals surface area contributed by atoms with Gasteiger partial charge in [-0.1, -0.05) is 18.9 Å². The molecule has 2 N–H and O–H groups in total. The Morgan fingerprint density at radius 3 is 2.19 bits per heavy atom. The molecule has 0 radical (unpaired) electrons. The summed E-state index contributed by atoms with van der Waals surface area (Å²) in [5.41, 5.74) is 5.28. The van der Waals surface area contributed by atoms with Crippen molar-refractivity contribution in [3.05, 3.63) is 35.4 Å². The van der Waals surface area contributed by atoms with Crippen molar-refractivity contribution in [2.24, 2.45) is 11.7 Å². The monoisotopic (exact) mass is 401 g/mol. The Labute approximate surface area is 164 Å². The second kappa shape index (κ2) is 8.52. The van der Waals surface area contributed by atoms with Crippen LogP contribution in [0.2, 0.25) is 0 Å². The fraction of sp³-hybridized carbons (Fsp3) is 0.579. The van der Waals surface area contributed by atoms with Crippen molar-refractivity contribution >= 4 is 24.2 Å². The number of hydrogen-bond acceptors (Lipinski definition) is 3. The minimum absolute atomic E-state index is 0. The second-order valence-corrected chi connectivity index (χ2v) is 7.52. The zero-order valence-corrected chi connectivity index (χ0v) is 16.2. The van der Waals surface area contributed by atoms with Crippen molar-refractivity contribution in [3.63, 3.8) is 0 Å². The molecule has 1 aromatic carbocycles. The third-order valence-corrected chi connectivity index (χ3v) is 5.61. The molecule has 2 aliphatic rings. The highest BCUT2D eigenvalue weighted by Crippen LogP contribution is 2.33. The summed E-state index contributed by atoms with van der Waals surface area (Å²) in [6.07, 6.45) is 3.64. The first-order chi connectivity index (χ1) is 12.3. The van der Waals surface area contributed by atoms with Crippen molar-refractivity contribution in [1.29, 1.82) is 0 Å². The minimum Gasteiger partial charge on any atom is -0.339 e. The largest absolute Gasteiger partial charge is 0.339 e. The molecule has 5 nitrogen and oxygen atoms in total. The smallest absolute Gasteiger partial charge is 0.259 e. The summed E-state index contributed by atoms with van der Waals surface area (Å²) < 4.78 is 27.6. The van der Waals surface area contributed by atoms with Crippen molar-refractivity contribution in [2.75, 3.05) is 26.2 Å². The molecule has 8 heteroatoms. The highest BCUT2D eigenvalue weighted by molar-refractivity contribution is 5.95. The molecule has 2 unspecified atom stereocenters. The van der Waals surface area contributed by atoms with Gasteiger partial charge in [0, 0.05) is 31.7 Å². The van der Waals surface area contributed by atoms with Crippen LogP contribution in [0.15, 0.2) is 18.2 Å². The van der Waals surface area contributed by atoms with E-state index in [0.717, 1.165) is 37.8 Å². The number of carbonyl (C=O) groups excluding carboxylic acids is 2. The van der Waals surface area contributed by atoms with Gasteiger partial charge in [-0.2, -0.15) is 0 Å². The predicted octanol–water partition coefficient (Wildman–Crippen LogP) is 2.58. The number of piperazine rings is 1. The van der Waals surface area contributed by atoms with Gasteiger partial charge in [-0.3, -0.25) is 9.59 Å². The SMILES string of the molecule is CC1(N)CCCCC1C(=O)N1CCN(C(=O)c2c(F)cccc2F)CC1.Cl. The fourth-order valence-electron chi connectivity index (χ4n) is 3.97. The molecule has 2 amide bonds. The quantitative estimate of drug-likeness (QED) is 0.828. The highest BCUT2D eigenvalue weighted by Gasteiger charge is 2.40. The highest BCUT2D eigenvalue weighted by atomic mass is 35.5. The first kappa shape index (κ1) is 21.6. The number of amides is 2. The lowest BCUT2D eigenvalue weighted by Crippen LogP contribution is -2.57. The van der Waals surface area contributed by atoms with Crippen LogP contribution in [0.1, 0.15) is 43.0 Å². The number of nitrogens with zero attached hydrogens (tertiary/aromatic N) is 2. The van der Waals surface area contributed by atoms with Crippen LogP contribution in [0.3, 0.4) is 0 Å². The van der Waals surface area contributed by atoms with E-state index >= 15 is 0 Å². The average Bonchev–Trinajstić information content (AvgIpc) is 2.60. The van der Waals surface area contributed by atoms with Gasteiger partial charge in [-0.25, -0.2) is 8.78 Å². The molecule has 1 aliphatic carbocycles. The Morgan fingerprint density at radius 1 is 1.07 bits per heavy atom. The van der Waals surface area contributed by atoms with E-state index in [-0.39, 0.29) is 37.3 Å². The molecule has 1 aromatic rings. The van der Waals surface area contributed by atoms with E-state index in [1.807, 2.05) is 6.92 Å². The summed E-state index contributed by atoms with van der Waals surface area (Å²) in [6, 6.07) is 3.37. The van der Waals surface area contributed by atoms with Crippen LogP contribution in [-0.2, 0) is 4.79 Å². The van der Waals surface area contributed by atoms with Crippen LogP contribution in [-0.4, -0.2) is 53.3 Å². The fourth-order valence-corrected chi connectivity index (χ4v) is 3.97. The molecule has 27 heavy (non-hydrogen) atoms. The molecule has 0 aromatic heterocycles. The minimum atomic E-state index is -0.866. The molecule has 1 saturated carbocycles. The molecule has 1 aliphatic heterocycles. The van der Waals surface area contributed by atoms with Gasteiger partial charge in [0.15, 0.2) is 0 Å². The first-order valence-corrected chi connectivity index (χ1v) is 9.12. The summed E-state index contributed by atoms with van der Waals surface area (Å²) in [6.45, 7) is 3.15. The van der Waals surface area contributed by atoms with Gasteiger partial charge in [0.05, 0.1) is 5.92 Å². The Kier molecular flexibility index (Phi) is 6.81. The Hall–Kier alpha value is -1.73. The van der Waals surface area contributed by atoms with Crippen LogP contribution in [0.25, 0.3) is 0 Å². The van der Waals surface area contributed by atoms with Crippen molar-refractivity contribution < 1.29 is 18.4 Å². The van der Waals surface area contributed by atoms with Crippen molar-refractivity contribution in [2.45, 2.75) is 38.1 Å². The van der Waals surface area contributed by atoms with Crippen molar-refractivity contribution in [3.8, 4) is 0 Å². The predicted molar refractivity (Wildman–Crippen MR) is 101 cm³/mol. The van der Waals surface area contributed by atoms with Crippen LogP contribution in [0.5, 0.6) is 0 Å². The Balaban J connectivity index is 0.00000261. The molecule has 1 saturated heterocycles. The van der Waals surface area contributed by atoms with Gasteiger partial charge in [-0.05, 0) is 31.9 Å². The maximum absolute atomic E-state index is 13.8. The lowest BCUT2D eigenvalue weighted by atomic mass is 9.74. The molecule has 3 rings (SSSR count). The van der Waals surface area contributed by atoms with E-state index in [1.54, 1.807) is 4.90 Å². The number of benzene rings is 1. The summed E-state index contributed by atoms with van der Waals surface area (Å²) in [5, 5.41) is 0. The summed E-state index contributed by atoms with van der Waals surface area (Å²) in [5.74, 6) is -2.58. The van der Waals surface area contributed by atoms with E-state index in [1.165, 1.54) is 11.0 Å². The molecule has 1 heterocycles. The van der Waals surface area contributed by atoms with E-state index < -0.39 is 28.6 Å². The maximum Gasteiger partial charge on any atom is 0.259 e. The number of carbonyl (C=O) groups is 2. The average molecular weight is 402 g/mol. The van der Waals surface area contributed by atoms with Gasteiger partial charge in [0.25, 0.3) is 5.91 Å². The van der Waals surface area contributed by atoms with Crippen molar-refractivity contribution in [1.82, 2.24) is 9.80 Å². The zero-order chi connectivity index (χ0) is 18.9. The second-order valence-electron chi connectivity index (χ2n) is 7.52. The lowest BCUT2D eigenvalue weighted by Gasteiger charge is -2.42. The molecule has 150 valence electrons. The van der Waals surface area contributed by atoms with Gasteiger partial charge >= 0.3 is 0 Å². The van der Waals surface area contributed by atoms with E-state index in [2.05, 4.69) is 0 Å². The third-order valence-electron chi connectivity index (χ3n) is 5.61. The molecular weight excluding hydrogens is 376 g/mol. The van der Waals surface area contributed by atoms with Crippen LogP contribution in [0, 0.1) is 17.6 Å². The number of rotatable bonds is 2. The van der Waals surface area contributed by atoms with Gasteiger partial charge in [0.1, 0.15) is 17.2 Å². The maximum atomic E-state index is 13.8. The number of hydrogen-bond donors (Lipinski definition) is 1. The lowest BCUT2D eigenvalue weighted by molar-refractivity contribution is -0.140. The van der Waals surface area contributed by atoms with Crippen LogP contribution >= 0.6 is 12.4 Å². The molecule has 0 spiro atoms. The summed E-state index contributed by atoms with van der Waals surface area (Å²) in [4.78, 5) is 28.4. The number of halogens is 3. The van der Waals surface area contributed by atoms with E-state index in [4.69, 9.17) is 5.73 Å². The summed E-state index contributed by atoms with van der Waals surface area (Å²) in [7, 11) is 0. The first-order valence-electron chi connectivity index (χ1n) is 9.12. The van der Waals surface area contributed by atoms with E-state index in [9.17, 15) is 18.4 Å². The van der Waals surface area contributed by atoms with Gasteiger partial charge in [-0.15, -0.1) is 12.4 Å². The zero-order valence-electron chi connectivity index (χ0n) is 15.4. The van der Waals surface area contributed by atoms with Gasteiger partial charge < -0.3 is 15.5 Å². The Morgan fingerprint density at radius 2 is 1.63 bits per heavy atom. The summed E-state index contributed by atoms with van der Waals surface area (Å²) >= 11 is 0. The molecule has 0 bridgehead atoms. The van der Waals surface area contributed by atoms with Crippen LogP contribution < -0.4 is 5.73 Å². The third kappa shape index (κ3) is 4.41. The molecule has 2 atom stereocenters. The van der Waals surface area contributed by atoms with Crippen LogP contribution in [0.4, 0.5) is 8.78 Å².